The molecular weight excluding hydrogens is 264 g/mol. The molecule has 0 radical (unpaired) electrons. The van der Waals surface area contributed by atoms with Crippen LogP contribution >= 0.6 is 0 Å². The Morgan fingerprint density at radius 2 is 2.10 bits per heavy atom. The maximum absolute atomic E-state index is 5.99. The standard InChI is InChI=1S/C17H28N2O2/c1-4-13-7-8-19(15(9-13)11-18)12-14-5-6-16(20-2)10-17(14)21-3/h5-6,10,13,15H,4,7-9,11-12,18H2,1-3H3. The average molecular weight is 292 g/mol. The van der Waals surface area contributed by atoms with E-state index in [0.717, 1.165) is 37.1 Å². The number of ether oxygens (including phenoxy) is 2. The molecule has 0 bridgehead atoms. The fourth-order valence-electron chi connectivity index (χ4n) is 3.21. The third-order valence-electron chi connectivity index (χ3n) is 4.66. The molecule has 0 saturated carbocycles. The van der Waals surface area contributed by atoms with Crippen LogP contribution in [0.3, 0.4) is 0 Å². The number of hydrogen-bond acceptors (Lipinski definition) is 4. The van der Waals surface area contributed by atoms with Crippen LogP contribution in [0, 0.1) is 5.92 Å². The highest BCUT2D eigenvalue weighted by Gasteiger charge is 2.27. The van der Waals surface area contributed by atoms with Gasteiger partial charge in [-0.15, -0.1) is 0 Å². The van der Waals surface area contributed by atoms with Crippen molar-refractivity contribution in [3.8, 4) is 11.5 Å². The lowest BCUT2D eigenvalue weighted by Crippen LogP contribution is -2.46. The van der Waals surface area contributed by atoms with Crippen molar-refractivity contribution in [2.75, 3.05) is 27.3 Å². The lowest BCUT2D eigenvalue weighted by Gasteiger charge is -2.39. The van der Waals surface area contributed by atoms with E-state index in [1.54, 1.807) is 14.2 Å². The van der Waals surface area contributed by atoms with Crippen LogP contribution in [0.5, 0.6) is 11.5 Å². The Morgan fingerprint density at radius 1 is 1.29 bits per heavy atom. The first kappa shape index (κ1) is 16.1. The van der Waals surface area contributed by atoms with Crippen LogP contribution in [0.4, 0.5) is 0 Å². The zero-order valence-electron chi connectivity index (χ0n) is 13.5. The van der Waals surface area contributed by atoms with Gasteiger partial charge in [-0.25, -0.2) is 0 Å². The van der Waals surface area contributed by atoms with Crippen LogP contribution in [0.25, 0.3) is 0 Å². The van der Waals surface area contributed by atoms with Crippen molar-refractivity contribution < 1.29 is 9.47 Å². The molecule has 2 N–H and O–H groups in total. The van der Waals surface area contributed by atoms with Gasteiger partial charge in [-0.3, -0.25) is 4.90 Å². The van der Waals surface area contributed by atoms with Crippen LogP contribution in [0.2, 0.25) is 0 Å². The summed E-state index contributed by atoms with van der Waals surface area (Å²) in [5, 5.41) is 0. The number of piperidine rings is 1. The summed E-state index contributed by atoms with van der Waals surface area (Å²) < 4.78 is 10.8. The molecular formula is C17H28N2O2. The molecule has 1 aromatic rings. The number of likely N-dealkylation sites (tertiary alicyclic amines) is 1. The number of benzene rings is 1. The van der Waals surface area contributed by atoms with Gasteiger partial charge in [-0.05, 0) is 31.4 Å². The molecule has 2 atom stereocenters. The average Bonchev–Trinajstić information content (AvgIpc) is 2.55. The Bertz CT molecular complexity index is 450. The Kier molecular flexibility index (Phi) is 5.88. The van der Waals surface area contributed by atoms with E-state index in [1.165, 1.54) is 24.8 Å². The molecule has 1 heterocycles. The summed E-state index contributed by atoms with van der Waals surface area (Å²) in [6, 6.07) is 6.52. The second-order valence-corrected chi connectivity index (χ2v) is 5.84. The Hall–Kier alpha value is -1.26. The molecule has 0 amide bonds. The highest BCUT2D eigenvalue weighted by Crippen LogP contribution is 2.30. The van der Waals surface area contributed by atoms with E-state index in [2.05, 4.69) is 17.9 Å². The normalized spacial score (nSPS) is 23.0. The minimum absolute atomic E-state index is 0.482. The topological polar surface area (TPSA) is 47.7 Å². The third kappa shape index (κ3) is 3.89. The first-order valence-electron chi connectivity index (χ1n) is 7.86. The van der Waals surface area contributed by atoms with Crippen LogP contribution in [-0.4, -0.2) is 38.3 Å². The smallest absolute Gasteiger partial charge is 0.127 e. The summed E-state index contributed by atoms with van der Waals surface area (Å²) in [7, 11) is 3.39. The summed E-state index contributed by atoms with van der Waals surface area (Å²) in [5.41, 5.74) is 7.19. The van der Waals surface area contributed by atoms with E-state index in [1.807, 2.05) is 12.1 Å². The molecule has 4 heteroatoms. The molecule has 0 spiro atoms. The van der Waals surface area contributed by atoms with E-state index >= 15 is 0 Å². The summed E-state index contributed by atoms with van der Waals surface area (Å²) in [5.74, 6) is 2.55. The molecule has 2 unspecified atom stereocenters. The predicted molar refractivity (Wildman–Crippen MR) is 85.8 cm³/mol. The highest BCUT2D eigenvalue weighted by molar-refractivity contribution is 5.40. The summed E-state index contributed by atoms with van der Waals surface area (Å²) in [6.07, 6.45) is 3.74. The monoisotopic (exact) mass is 292 g/mol. The van der Waals surface area contributed by atoms with E-state index in [0.29, 0.717) is 6.04 Å². The lowest BCUT2D eigenvalue weighted by atomic mass is 9.88. The lowest BCUT2D eigenvalue weighted by molar-refractivity contribution is 0.106. The van der Waals surface area contributed by atoms with E-state index < -0.39 is 0 Å². The van der Waals surface area contributed by atoms with Gasteiger partial charge < -0.3 is 15.2 Å². The Balaban J connectivity index is 2.10. The van der Waals surface area contributed by atoms with Crippen molar-refractivity contribution in [1.82, 2.24) is 4.90 Å². The molecule has 1 saturated heterocycles. The quantitative estimate of drug-likeness (QED) is 0.875. The first-order valence-corrected chi connectivity index (χ1v) is 7.86. The van der Waals surface area contributed by atoms with Crippen molar-refractivity contribution in [1.29, 1.82) is 0 Å². The van der Waals surface area contributed by atoms with Crippen LogP contribution in [0.1, 0.15) is 31.7 Å². The van der Waals surface area contributed by atoms with Gasteiger partial charge in [-0.2, -0.15) is 0 Å². The fraction of sp³-hybridized carbons (Fsp3) is 0.647. The molecule has 1 fully saturated rings. The van der Waals surface area contributed by atoms with Crippen molar-refractivity contribution in [3.63, 3.8) is 0 Å². The van der Waals surface area contributed by atoms with Crippen LogP contribution in [-0.2, 0) is 6.54 Å². The second kappa shape index (κ2) is 7.66. The zero-order valence-corrected chi connectivity index (χ0v) is 13.5. The van der Waals surface area contributed by atoms with E-state index in [9.17, 15) is 0 Å². The van der Waals surface area contributed by atoms with Crippen molar-refractivity contribution in [2.24, 2.45) is 11.7 Å². The molecule has 1 aromatic carbocycles. The van der Waals surface area contributed by atoms with Gasteiger partial charge in [-0.1, -0.05) is 19.4 Å². The third-order valence-corrected chi connectivity index (χ3v) is 4.66. The van der Waals surface area contributed by atoms with Crippen molar-refractivity contribution in [3.05, 3.63) is 23.8 Å². The molecule has 1 aliphatic rings. The molecule has 0 aliphatic carbocycles. The molecule has 21 heavy (non-hydrogen) atoms. The molecule has 0 aromatic heterocycles. The molecule has 2 rings (SSSR count). The molecule has 118 valence electrons. The minimum atomic E-state index is 0.482. The van der Waals surface area contributed by atoms with Gasteiger partial charge in [0.2, 0.25) is 0 Å². The van der Waals surface area contributed by atoms with Gasteiger partial charge >= 0.3 is 0 Å². The van der Waals surface area contributed by atoms with Crippen LogP contribution in [0.15, 0.2) is 18.2 Å². The molecule has 4 nitrogen and oxygen atoms in total. The minimum Gasteiger partial charge on any atom is -0.497 e. The Morgan fingerprint density at radius 3 is 2.71 bits per heavy atom. The van der Waals surface area contributed by atoms with Crippen molar-refractivity contribution in [2.45, 2.75) is 38.8 Å². The van der Waals surface area contributed by atoms with E-state index in [4.69, 9.17) is 15.2 Å². The largest absolute Gasteiger partial charge is 0.497 e. The summed E-state index contributed by atoms with van der Waals surface area (Å²) in [4.78, 5) is 2.50. The second-order valence-electron chi connectivity index (χ2n) is 5.84. The van der Waals surface area contributed by atoms with Crippen molar-refractivity contribution >= 4 is 0 Å². The number of rotatable bonds is 6. The SMILES string of the molecule is CCC1CCN(Cc2ccc(OC)cc2OC)C(CN)C1. The van der Waals surface area contributed by atoms with Gasteiger partial charge in [0, 0.05) is 30.8 Å². The Labute approximate surface area is 128 Å². The number of hydrogen-bond donors (Lipinski definition) is 1. The zero-order chi connectivity index (χ0) is 15.2. The van der Waals surface area contributed by atoms with Gasteiger partial charge in [0.05, 0.1) is 14.2 Å². The van der Waals surface area contributed by atoms with E-state index in [-0.39, 0.29) is 0 Å². The predicted octanol–water partition coefficient (Wildman–Crippen LogP) is 2.65. The number of nitrogens with two attached hydrogens (primary N) is 1. The van der Waals surface area contributed by atoms with Gasteiger partial charge in [0.25, 0.3) is 0 Å². The summed E-state index contributed by atoms with van der Waals surface area (Å²) >= 11 is 0. The van der Waals surface area contributed by atoms with Gasteiger partial charge in [0.15, 0.2) is 0 Å². The fourth-order valence-corrected chi connectivity index (χ4v) is 3.21. The van der Waals surface area contributed by atoms with Gasteiger partial charge in [0.1, 0.15) is 11.5 Å². The van der Waals surface area contributed by atoms with Crippen LogP contribution < -0.4 is 15.2 Å². The maximum atomic E-state index is 5.99. The first-order chi connectivity index (χ1) is 10.2. The number of nitrogens with zero attached hydrogens (tertiary/aromatic N) is 1. The highest BCUT2D eigenvalue weighted by atomic mass is 16.5. The number of methoxy groups -OCH3 is 2. The summed E-state index contributed by atoms with van der Waals surface area (Å²) in [6.45, 7) is 5.02. The maximum Gasteiger partial charge on any atom is 0.127 e. The molecule has 1 aliphatic heterocycles.